The number of H-pyrrole nitrogens is 1. The Labute approximate surface area is 118 Å². The lowest BCUT2D eigenvalue weighted by Gasteiger charge is -2.19. The molecule has 0 radical (unpaired) electrons. The lowest BCUT2D eigenvalue weighted by Crippen LogP contribution is -2.24. The van der Waals surface area contributed by atoms with Gasteiger partial charge in [0.1, 0.15) is 16.9 Å². The summed E-state index contributed by atoms with van der Waals surface area (Å²) in [5.74, 6) is 0.437. The monoisotopic (exact) mass is 338 g/mol. The van der Waals surface area contributed by atoms with Gasteiger partial charge < -0.3 is 9.72 Å². The average molecular weight is 339 g/mol. The van der Waals surface area contributed by atoms with Crippen LogP contribution in [0.25, 0.3) is 0 Å². The Kier molecular flexibility index (Phi) is 5.61. The highest BCUT2D eigenvalue weighted by molar-refractivity contribution is 9.10. The minimum Gasteiger partial charge on any atom is -0.375 e. The molecule has 108 valence electrons. The summed E-state index contributed by atoms with van der Waals surface area (Å²) < 4.78 is 29.0. The average Bonchev–Trinajstić information content (AvgIpc) is 2.27. The summed E-state index contributed by atoms with van der Waals surface area (Å²) in [5, 5.41) is 0. The van der Waals surface area contributed by atoms with Crippen molar-refractivity contribution >= 4 is 15.9 Å². The van der Waals surface area contributed by atoms with Gasteiger partial charge in [-0.25, -0.2) is 13.8 Å². The molecule has 0 fully saturated rings. The Morgan fingerprint density at radius 2 is 2.05 bits per heavy atom. The number of rotatable bonds is 5. The fraction of sp³-hybridized carbons (Fsp3) is 0.667. The molecular weight excluding hydrogens is 322 g/mol. The molecule has 0 amide bonds. The highest BCUT2D eigenvalue weighted by Gasteiger charge is 2.21. The SMILES string of the molecule is CC(C)(C)c1nc(CCOCC(F)F)[nH]c(=O)c1Br. The number of hydrogen-bond acceptors (Lipinski definition) is 3. The molecule has 0 saturated heterocycles. The van der Waals surface area contributed by atoms with E-state index in [4.69, 9.17) is 4.74 Å². The van der Waals surface area contributed by atoms with E-state index in [1.54, 1.807) is 0 Å². The lowest BCUT2D eigenvalue weighted by atomic mass is 9.92. The first-order valence-corrected chi connectivity index (χ1v) is 6.66. The summed E-state index contributed by atoms with van der Waals surface area (Å²) in [6.45, 7) is 5.31. The van der Waals surface area contributed by atoms with Gasteiger partial charge in [-0.05, 0) is 15.9 Å². The Bertz CT molecular complexity index is 484. The normalized spacial score (nSPS) is 12.2. The van der Waals surface area contributed by atoms with Gasteiger partial charge >= 0.3 is 0 Å². The molecule has 7 heteroatoms. The Hall–Kier alpha value is -0.820. The molecule has 1 aromatic rings. The number of nitrogens with one attached hydrogen (secondary N) is 1. The number of alkyl halides is 2. The van der Waals surface area contributed by atoms with Crippen molar-refractivity contribution in [2.24, 2.45) is 0 Å². The predicted molar refractivity (Wildman–Crippen MR) is 71.8 cm³/mol. The molecule has 0 aliphatic carbocycles. The highest BCUT2D eigenvalue weighted by Crippen LogP contribution is 2.25. The number of halogens is 3. The maximum absolute atomic E-state index is 11.9. The van der Waals surface area contributed by atoms with Crippen LogP contribution in [0.1, 0.15) is 32.3 Å². The second-order valence-corrected chi connectivity index (χ2v) is 5.93. The van der Waals surface area contributed by atoms with Gasteiger partial charge in [0.15, 0.2) is 0 Å². The van der Waals surface area contributed by atoms with Crippen LogP contribution < -0.4 is 5.56 Å². The van der Waals surface area contributed by atoms with Crippen LogP contribution in [0.15, 0.2) is 9.27 Å². The second-order valence-electron chi connectivity index (χ2n) is 5.14. The van der Waals surface area contributed by atoms with Crippen LogP contribution in [0.2, 0.25) is 0 Å². The summed E-state index contributed by atoms with van der Waals surface area (Å²) in [5.41, 5.74) is 0.0787. The van der Waals surface area contributed by atoms with Gasteiger partial charge in [0, 0.05) is 11.8 Å². The first kappa shape index (κ1) is 16.2. The van der Waals surface area contributed by atoms with Crippen molar-refractivity contribution in [1.29, 1.82) is 0 Å². The van der Waals surface area contributed by atoms with E-state index in [-0.39, 0.29) is 24.0 Å². The summed E-state index contributed by atoms with van der Waals surface area (Å²) >= 11 is 3.21. The molecule has 0 aliphatic rings. The Morgan fingerprint density at radius 3 is 2.58 bits per heavy atom. The van der Waals surface area contributed by atoms with E-state index in [0.717, 1.165) is 0 Å². The first-order valence-electron chi connectivity index (χ1n) is 5.87. The third-order valence-electron chi connectivity index (χ3n) is 2.35. The predicted octanol–water partition coefficient (Wildman–Crippen LogP) is 2.65. The quantitative estimate of drug-likeness (QED) is 0.839. The first-order chi connectivity index (χ1) is 8.71. The fourth-order valence-corrected chi connectivity index (χ4v) is 2.24. The third kappa shape index (κ3) is 4.99. The molecule has 1 aromatic heterocycles. The van der Waals surface area contributed by atoms with Crippen LogP contribution in [0.4, 0.5) is 8.78 Å². The molecule has 0 atom stereocenters. The smallest absolute Gasteiger partial charge is 0.265 e. The van der Waals surface area contributed by atoms with Crippen molar-refractivity contribution in [2.45, 2.75) is 39.0 Å². The molecule has 0 bridgehead atoms. The van der Waals surface area contributed by atoms with Crippen LogP contribution in [0.5, 0.6) is 0 Å². The zero-order valence-corrected chi connectivity index (χ0v) is 12.7. The molecule has 0 unspecified atom stereocenters. The molecular formula is C12H17BrF2N2O2. The number of aromatic nitrogens is 2. The van der Waals surface area contributed by atoms with Crippen LogP contribution in [0, 0.1) is 0 Å². The second kappa shape index (κ2) is 6.56. The zero-order valence-electron chi connectivity index (χ0n) is 11.1. The topological polar surface area (TPSA) is 55.0 Å². The van der Waals surface area contributed by atoms with Gasteiger partial charge in [-0.3, -0.25) is 4.79 Å². The minimum absolute atomic E-state index is 0.0957. The van der Waals surface area contributed by atoms with E-state index in [2.05, 4.69) is 25.9 Å². The van der Waals surface area contributed by atoms with Crippen LogP contribution in [-0.4, -0.2) is 29.6 Å². The molecule has 1 heterocycles. The van der Waals surface area contributed by atoms with Crippen molar-refractivity contribution in [3.63, 3.8) is 0 Å². The van der Waals surface area contributed by atoms with Crippen molar-refractivity contribution in [3.8, 4) is 0 Å². The highest BCUT2D eigenvalue weighted by atomic mass is 79.9. The summed E-state index contributed by atoms with van der Waals surface area (Å²) in [4.78, 5) is 18.7. The van der Waals surface area contributed by atoms with Gasteiger partial charge in [-0.15, -0.1) is 0 Å². The summed E-state index contributed by atoms with van der Waals surface area (Å²) in [6.07, 6.45) is -2.19. The summed E-state index contributed by atoms with van der Waals surface area (Å²) in [6, 6.07) is 0. The zero-order chi connectivity index (χ0) is 14.6. The van der Waals surface area contributed by atoms with Crippen molar-refractivity contribution < 1.29 is 13.5 Å². The van der Waals surface area contributed by atoms with Crippen LogP contribution in [0.3, 0.4) is 0 Å². The fourth-order valence-electron chi connectivity index (χ4n) is 1.46. The maximum Gasteiger partial charge on any atom is 0.265 e. The van der Waals surface area contributed by atoms with Gasteiger partial charge in [0.25, 0.3) is 12.0 Å². The molecule has 0 spiro atoms. The molecule has 19 heavy (non-hydrogen) atoms. The molecule has 0 saturated carbocycles. The molecule has 0 aliphatic heterocycles. The number of aromatic amines is 1. The Balaban J connectivity index is 2.81. The van der Waals surface area contributed by atoms with E-state index in [0.29, 0.717) is 16.0 Å². The van der Waals surface area contributed by atoms with E-state index in [1.807, 2.05) is 20.8 Å². The van der Waals surface area contributed by atoms with E-state index in [9.17, 15) is 13.6 Å². The number of hydrogen-bond donors (Lipinski definition) is 1. The minimum atomic E-state index is -2.48. The van der Waals surface area contributed by atoms with Gasteiger partial charge in [0.05, 0.1) is 12.3 Å². The standard InChI is InChI=1S/C12H17BrF2N2O2/c1-12(2,3)10-9(13)11(18)17-8(16-10)4-5-19-6-7(14)15/h7H,4-6H2,1-3H3,(H,16,17,18). The number of ether oxygens (including phenoxy) is 1. The third-order valence-corrected chi connectivity index (χ3v) is 3.08. The summed E-state index contributed by atoms with van der Waals surface area (Å²) in [7, 11) is 0. The molecule has 4 nitrogen and oxygen atoms in total. The van der Waals surface area contributed by atoms with Crippen molar-refractivity contribution in [3.05, 3.63) is 26.3 Å². The van der Waals surface area contributed by atoms with Gasteiger partial charge in [-0.1, -0.05) is 20.8 Å². The van der Waals surface area contributed by atoms with Gasteiger partial charge in [0.2, 0.25) is 0 Å². The van der Waals surface area contributed by atoms with E-state index < -0.39 is 13.0 Å². The van der Waals surface area contributed by atoms with Crippen LogP contribution in [-0.2, 0) is 16.6 Å². The Morgan fingerprint density at radius 1 is 1.42 bits per heavy atom. The van der Waals surface area contributed by atoms with Crippen LogP contribution >= 0.6 is 15.9 Å². The van der Waals surface area contributed by atoms with E-state index in [1.165, 1.54) is 0 Å². The molecule has 0 aromatic carbocycles. The van der Waals surface area contributed by atoms with E-state index >= 15 is 0 Å². The molecule has 1 rings (SSSR count). The number of nitrogens with zero attached hydrogens (tertiary/aromatic N) is 1. The van der Waals surface area contributed by atoms with Crippen molar-refractivity contribution in [2.75, 3.05) is 13.2 Å². The van der Waals surface area contributed by atoms with Crippen molar-refractivity contribution in [1.82, 2.24) is 9.97 Å². The maximum atomic E-state index is 11.9. The largest absolute Gasteiger partial charge is 0.375 e. The van der Waals surface area contributed by atoms with Gasteiger partial charge in [-0.2, -0.15) is 0 Å². The lowest BCUT2D eigenvalue weighted by molar-refractivity contribution is 0.0182. The molecule has 1 N–H and O–H groups in total.